The zero-order chi connectivity index (χ0) is 12.4. The van der Waals surface area contributed by atoms with E-state index in [0.29, 0.717) is 0 Å². The second-order valence-corrected chi connectivity index (χ2v) is 5.77. The van der Waals surface area contributed by atoms with E-state index in [4.69, 9.17) is 0 Å². The highest BCUT2D eigenvalue weighted by Gasteiger charge is 2.29. The van der Waals surface area contributed by atoms with E-state index in [1.165, 1.54) is 37.9 Å². The summed E-state index contributed by atoms with van der Waals surface area (Å²) in [5.74, 6) is 0. The van der Waals surface area contributed by atoms with E-state index in [2.05, 4.69) is 33.1 Å². The highest BCUT2D eigenvalue weighted by Crippen LogP contribution is 2.21. The Morgan fingerprint density at radius 2 is 2.16 bits per heavy atom. The van der Waals surface area contributed by atoms with E-state index in [-0.39, 0.29) is 12.4 Å². The number of aryl methyl sites for hydroxylation is 1. The van der Waals surface area contributed by atoms with Crippen LogP contribution in [-0.2, 0) is 13.1 Å². The summed E-state index contributed by atoms with van der Waals surface area (Å²) in [6.45, 7) is 6.72. The summed E-state index contributed by atoms with van der Waals surface area (Å²) in [6.07, 6.45) is 9.44. The average molecular weight is 285 g/mol. The molecule has 0 amide bonds. The van der Waals surface area contributed by atoms with Crippen LogP contribution >= 0.6 is 12.4 Å². The van der Waals surface area contributed by atoms with Crippen molar-refractivity contribution in [2.75, 3.05) is 13.1 Å². The topological polar surface area (TPSA) is 33.1 Å². The second kappa shape index (κ2) is 6.73. The van der Waals surface area contributed by atoms with Crippen molar-refractivity contribution in [2.24, 2.45) is 0 Å². The number of aromatic nitrogens is 2. The van der Waals surface area contributed by atoms with E-state index in [9.17, 15) is 0 Å². The van der Waals surface area contributed by atoms with Crippen molar-refractivity contribution >= 4 is 12.4 Å². The minimum absolute atomic E-state index is 0. The average Bonchev–Trinajstić information content (AvgIpc) is 2.90. The first-order valence-electron chi connectivity index (χ1n) is 7.33. The molecule has 0 aliphatic carbocycles. The van der Waals surface area contributed by atoms with Crippen molar-refractivity contribution in [1.29, 1.82) is 0 Å². The van der Waals surface area contributed by atoms with Crippen LogP contribution in [0, 0.1) is 0 Å². The fourth-order valence-electron chi connectivity index (χ4n) is 3.26. The molecule has 108 valence electrons. The lowest BCUT2D eigenvalue weighted by Crippen LogP contribution is -2.34. The van der Waals surface area contributed by atoms with E-state index >= 15 is 0 Å². The van der Waals surface area contributed by atoms with E-state index in [0.717, 1.165) is 31.6 Å². The Labute approximate surface area is 122 Å². The van der Waals surface area contributed by atoms with Gasteiger partial charge in [0, 0.05) is 50.0 Å². The largest absolute Gasteiger partial charge is 0.310 e. The molecule has 2 atom stereocenters. The van der Waals surface area contributed by atoms with Gasteiger partial charge in [-0.2, -0.15) is 5.10 Å². The molecule has 1 N–H and O–H groups in total. The fraction of sp³-hybridized carbons (Fsp3) is 0.786. The maximum absolute atomic E-state index is 4.42. The van der Waals surface area contributed by atoms with Crippen LogP contribution in [0.25, 0.3) is 0 Å². The third-order valence-corrected chi connectivity index (χ3v) is 4.15. The predicted molar refractivity (Wildman–Crippen MR) is 79.6 cm³/mol. The number of nitrogens with one attached hydrogen (secondary N) is 1. The number of halogens is 1. The van der Waals surface area contributed by atoms with Gasteiger partial charge in [-0.05, 0) is 25.7 Å². The number of fused-ring (bicyclic) bond motifs is 2. The Kier molecular flexibility index (Phi) is 5.25. The molecule has 2 unspecified atom stereocenters. The quantitative estimate of drug-likeness (QED) is 0.919. The molecule has 3 rings (SSSR count). The summed E-state index contributed by atoms with van der Waals surface area (Å²) in [7, 11) is 0. The highest BCUT2D eigenvalue weighted by molar-refractivity contribution is 5.85. The maximum atomic E-state index is 4.42. The zero-order valence-electron chi connectivity index (χ0n) is 11.7. The molecule has 1 aromatic heterocycles. The summed E-state index contributed by atoms with van der Waals surface area (Å²) >= 11 is 0. The van der Waals surface area contributed by atoms with Crippen LogP contribution in [0.1, 0.15) is 38.2 Å². The van der Waals surface area contributed by atoms with Crippen LogP contribution in [0.2, 0.25) is 0 Å². The Hall–Kier alpha value is -0.580. The van der Waals surface area contributed by atoms with Crippen molar-refractivity contribution < 1.29 is 0 Å². The Balaban J connectivity index is 0.00000133. The molecule has 19 heavy (non-hydrogen) atoms. The lowest BCUT2D eigenvalue weighted by Gasteiger charge is -2.23. The molecule has 5 heteroatoms. The molecular weight excluding hydrogens is 260 g/mol. The van der Waals surface area contributed by atoms with Crippen LogP contribution in [-0.4, -0.2) is 39.9 Å². The zero-order valence-corrected chi connectivity index (χ0v) is 12.5. The molecule has 0 spiro atoms. The van der Waals surface area contributed by atoms with Crippen LogP contribution in [0.4, 0.5) is 0 Å². The molecule has 3 heterocycles. The number of nitrogens with zero attached hydrogens (tertiary/aromatic N) is 3. The molecule has 4 nitrogen and oxygen atoms in total. The van der Waals surface area contributed by atoms with Gasteiger partial charge >= 0.3 is 0 Å². The minimum atomic E-state index is 0. The van der Waals surface area contributed by atoms with Gasteiger partial charge in [-0.15, -0.1) is 12.4 Å². The predicted octanol–water partition coefficient (Wildman–Crippen LogP) is 2.04. The van der Waals surface area contributed by atoms with Crippen molar-refractivity contribution in [3.05, 3.63) is 18.0 Å². The number of hydrogen-bond acceptors (Lipinski definition) is 3. The number of hydrogen-bond donors (Lipinski definition) is 1. The van der Waals surface area contributed by atoms with Gasteiger partial charge in [0.1, 0.15) is 0 Å². The van der Waals surface area contributed by atoms with Crippen molar-refractivity contribution in [3.63, 3.8) is 0 Å². The summed E-state index contributed by atoms with van der Waals surface area (Å²) in [6, 6.07) is 1.51. The lowest BCUT2D eigenvalue weighted by molar-refractivity contribution is 0.251. The van der Waals surface area contributed by atoms with Crippen molar-refractivity contribution in [3.8, 4) is 0 Å². The smallest absolute Gasteiger partial charge is 0.0534 e. The van der Waals surface area contributed by atoms with Gasteiger partial charge in [-0.3, -0.25) is 9.58 Å². The van der Waals surface area contributed by atoms with Gasteiger partial charge in [-0.1, -0.05) is 6.92 Å². The van der Waals surface area contributed by atoms with Crippen LogP contribution in [0.5, 0.6) is 0 Å². The Morgan fingerprint density at radius 3 is 3.00 bits per heavy atom. The van der Waals surface area contributed by atoms with Gasteiger partial charge in [0.25, 0.3) is 0 Å². The molecule has 0 saturated carbocycles. The van der Waals surface area contributed by atoms with Crippen LogP contribution in [0.3, 0.4) is 0 Å². The fourth-order valence-corrected chi connectivity index (χ4v) is 3.26. The molecule has 0 aromatic carbocycles. The van der Waals surface area contributed by atoms with Gasteiger partial charge in [0.2, 0.25) is 0 Å². The Bertz CT molecular complexity index is 393. The summed E-state index contributed by atoms with van der Waals surface area (Å²) in [5, 5.41) is 8.15. The molecule has 2 aliphatic heterocycles. The molecule has 0 radical (unpaired) electrons. The molecule has 2 aliphatic rings. The monoisotopic (exact) mass is 284 g/mol. The molecule has 2 bridgehead atoms. The van der Waals surface area contributed by atoms with Gasteiger partial charge in [0.15, 0.2) is 0 Å². The first-order valence-corrected chi connectivity index (χ1v) is 7.33. The van der Waals surface area contributed by atoms with Gasteiger partial charge in [-0.25, -0.2) is 0 Å². The van der Waals surface area contributed by atoms with Crippen LogP contribution < -0.4 is 5.32 Å². The number of rotatable bonds is 4. The molecule has 2 saturated heterocycles. The second-order valence-electron chi connectivity index (χ2n) is 5.77. The van der Waals surface area contributed by atoms with E-state index in [1.54, 1.807) is 0 Å². The van der Waals surface area contributed by atoms with E-state index < -0.39 is 0 Å². The molecule has 2 fully saturated rings. The van der Waals surface area contributed by atoms with Crippen LogP contribution in [0.15, 0.2) is 12.4 Å². The SMILES string of the molecule is CCCn1cc(CN2CCC3CCC(C2)N3)cn1.Cl. The third-order valence-electron chi connectivity index (χ3n) is 4.15. The third kappa shape index (κ3) is 3.71. The van der Waals surface area contributed by atoms with Crippen molar-refractivity contribution in [1.82, 2.24) is 20.0 Å². The summed E-state index contributed by atoms with van der Waals surface area (Å²) in [5.41, 5.74) is 1.36. The molecular formula is C14H25ClN4. The first kappa shape index (κ1) is 14.8. The minimum Gasteiger partial charge on any atom is -0.310 e. The normalized spacial score (nSPS) is 27.0. The van der Waals surface area contributed by atoms with Gasteiger partial charge < -0.3 is 5.32 Å². The number of likely N-dealkylation sites (tertiary alicyclic amines) is 1. The maximum Gasteiger partial charge on any atom is 0.0534 e. The Morgan fingerprint density at radius 1 is 1.32 bits per heavy atom. The lowest BCUT2D eigenvalue weighted by atomic mass is 10.1. The first-order chi connectivity index (χ1) is 8.83. The standard InChI is InChI=1S/C14H24N4.ClH/c1-2-6-18-10-12(8-15-18)9-17-7-5-13-3-4-14(11-17)16-13;/h8,10,13-14,16H,2-7,9,11H2,1H3;1H. The van der Waals surface area contributed by atoms with Crippen molar-refractivity contribution in [2.45, 2.75) is 57.8 Å². The van der Waals surface area contributed by atoms with Gasteiger partial charge in [0.05, 0.1) is 6.20 Å². The molecule has 1 aromatic rings. The summed E-state index contributed by atoms with van der Waals surface area (Å²) in [4.78, 5) is 2.59. The van der Waals surface area contributed by atoms with E-state index in [1.807, 2.05) is 6.20 Å². The summed E-state index contributed by atoms with van der Waals surface area (Å²) < 4.78 is 2.07. The highest BCUT2D eigenvalue weighted by atomic mass is 35.5.